The average Bonchev–Trinajstić information content (AvgIpc) is 2.47. The first-order chi connectivity index (χ1) is 10.4. The second kappa shape index (κ2) is 6.39. The summed E-state index contributed by atoms with van der Waals surface area (Å²) in [4.78, 5) is 27.9. The van der Waals surface area contributed by atoms with Gasteiger partial charge in [-0.3, -0.25) is 9.59 Å². The number of hydrogen-bond donors (Lipinski definition) is 2. The van der Waals surface area contributed by atoms with Crippen molar-refractivity contribution in [1.82, 2.24) is 4.98 Å². The van der Waals surface area contributed by atoms with Gasteiger partial charge < -0.3 is 10.6 Å². The molecule has 2 N–H and O–H groups in total. The predicted octanol–water partition coefficient (Wildman–Crippen LogP) is 2.96. The van der Waals surface area contributed by atoms with Gasteiger partial charge in [0.15, 0.2) is 0 Å². The largest absolute Gasteiger partial charge is 0.317 e. The van der Waals surface area contributed by atoms with Crippen LogP contribution < -0.4 is 10.6 Å². The van der Waals surface area contributed by atoms with Crippen LogP contribution >= 0.6 is 0 Å². The third-order valence-corrected chi connectivity index (χ3v) is 3.10. The molecule has 0 unspecified atom stereocenters. The van der Waals surface area contributed by atoms with Crippen LogP contribution in [-0.2, 0) is 15.0 Å². The molecule has 0 fully saturated rings. The van der Waals surface area contributed by atoms with Crippen molar-refractivity contribution in [1.29, 1.82) is 0 Å². The minimum Gasteiger partial charge on any atom is -0.317 e. The van der Waals surface area contributed by atoms with Crippen molar-refractivity contribution >= 4 is 23.3 Å². The molecule has 1 aromatic carbocycles. The monoisotopic (exact) mass is 297 g/mol. The van der Waals surface area contributed by atoms with Crippen LogP contribution in [0.5, 0.6) is 0 Å². The van der Waals surface area contributed by atoms with Gasteiger partial charge in [0.25, 0.3) is 0 Å². The van der Waals surface area contributed by atoms with Crippen LogP contribution in [0.25, 0.3) is 0 Å². The summed E-state index contributed by atoms with van der Waals surface area (Å²) in [5.74, 6) is -1.13. The highest BCUT2D eigenvalue weighted by Crippen LogP contribution is 2.29. The van der Waals surface area contributed by atoms with Gasteiger partial charge in [0.2, 0.25) is 0 Å². The Hall–Kier alpha value is -2.69. The van der Waals surface area contributed by atoms with E-state index in [9.17, 15) is 9.59 Å². The Balaban J connectivity index is 2.11. The molecule has 0 aliphatic rings. The molecule has 0 bridgehead atoms. The fourth-order valence-corrected chi connectivity index (χ4v) is 2.03. The van der Waals surface area contributed by atoms with E-state index in [1.54, 1.807) is 30.5 Å². The van der Waals surface area contributed by atoms with E-state index in [4.69, 9.17) is 0 Å². The standard InChI is InChI=1S/C17H19N3O2/c1-17(2,3)12-8-4-5-9-13(12)19-15(21)16(22)20-14-10-6-7-11-18-14/h4-11H,1-3H3,(H,19,21)(H,18,20,22). The van der Waals surface area contributed by atoms with Gasteiger partial charge in [-0.25, -0.2) is 4.98 Å². The molecule has 0 aliphatic carbocycles. The first kappa shape index (κ1) is 15.7. The van der Waals surface area contributed by atoms with Crippen molar-refractivity contribution in [3.05, 3.63) is 54.2 Å². The number of carbonyl (C=O) groups excluding carboxylic acids is 2. The summed E-state index contributed by atoms with van der Waals surface area (Å²) in [6.45, 7) is 6.14. The third-order valence-electron chi connectivity index (χ3n) is 3.10. The number of nitrogens with one attached hydrogen (secondary N) is 2. The summed E-state index contributed by atoms with van der Waals surface area (Å²) >= 11 is 0. The minimum atomic E-state index is -0.748. The van der Waals surface area contributed by atoms with E-state index in [2.05, 4.69) is 15.6 Å². The van der Waals surface area contributed by atoms with Crippen molar-refractivity contribution in [2.45, 2.75) is 26.2 Å². The molecule has 1 aromatic heterocycles. The van der Waals surface area contributed by atoms with Gasteiger partial charge in [0, 0.05) is 11.9 Å². The molecule has 0 spiro atoms. The van der Waals surface area contributed by atoms with Crippen LogP contribution in [0.4, 0.5) is 11.5 Å². The lowest BCUT2D eigenvalue weighted by Gasteiger charge is -2.22. The molecule has 0 aliphatic heterocycles. The van der Waals surface area contributed by atoms with Crippen LogP contribution in [0.15, 0.2) is 48.7 Å². The maximum atomic E-state index is 12.0. The second-order valence-corrected chi connectivity index (χ2v) is 5.92. The van der Waals surface area contributed by atoms with Gasteiger partial charge in [0.1, 0.15) is 5.82 Å². The molecule has 0 radical (unpaired) electrons. The summed E-state index contributed by atoms with van der Waals surface area (Å²) in [6.07, 6.45) is 1.54. The Morgan fingerprint density at radius 1 is 0.909 bits per heavy atom. The zero-order chi connectivity index (χ0) is 16.2. The Kier molecular flexibility index (Phi) is 4.56. The fourth-order valence-electron chi connectivity index (χ4n) is 2.03. The van der Waals surface area contributed by atoms with Gasteiger partial charge >= 0.3 is 11.8 Å². The topological polar surface area (TPSA) is 71.1 Å². The van der Waals surface area contributed by atoms with Crippen LogP contribution in [-0.4, -0.2) is 16.8 Å². The van der Waals surface area contributed by atoms with E-state index >= 15 is 0 Å². The lowest BCUT2D eigenvalue weighted by atomic mass is 9.86. The molecule has 2 amide bonds. The van der Waals surface area contributed by atoms with E-state index < -0.39 is 11.8 Å². The summed E-state index contributed by atoms with van der Waals surface area (Å²) < 4.78 is 0. The molecule has 0 saturated heterocycles. The van der Waals surface area contributed by atoms with Gasteiger partial charge in [-0.2, -0.15) is 0 Å². The SMILES string of the molecule is CC(C)(C)c1ccccc1NC(=O)C(=O)Nc1ccccn1. The smallest absolute Gasteiger partial charge is 0.315 e. The molecule has 5 nitrogen and oxygen atoms in total. The number of benzene rings is 1. The Morgan fingerprint density at radius 3 is 2.18 bits per heavy atom. The van der Waals surface area contributed by atoms with Crippen LogP contribution in [0.2, 0.25) is 0 Å². The third kappa shape index (κ3) is 3.91. The average molecular weight is 297 g/mol. The summed E-state index contributed by atoms with van der Waals surface area (Å²) in [5.41, 5.74) is 1.46. The molecule has 0 atom stereocenters. The molecule has 0 saturated carbocycles. The number of carbonyl (C=O) groups is 2. The molecule has 2 rings (SSSR count). The Morgan fingerprint density at radius 2 is 1.55 bits per heavy atom. The van der Waals surface area contributed by atoms with Crippen molar-refractivity contribution < 1.29 is 9.59 Å². The van der Waals surface area contributed by atoms with Crippen molar-refractivity contribution in [3.63, 3.8) is 0 Å². The molecule has 2 aromatic rings. The normalized spacial score (nSPS) is 10.9. The van der Waals surface area contributed by atoms with E-state index in [1.165, 1.54) is 0 Å². The number of anilines is 2. The van der Waals surface area contributed by atoms with E-state index in [1.807, 2.05) is 39.0 Å². The highest BCUT2D eigenvalue weighted by atomic mass is 16.2. The zero-order valence-electron chi connectivity index (χ0n) is 12.9. The number of nitrogens with zero attached hydrogens (tertiary/aromatic N) is 1. The minimum absolute atomic E-state index is 0.138. The first-order valence-electron chi connectivity index (χ1n) is 7.01. The number of aromatic nitrogens is 1. The summed E-state index contributed by atoms with van der Waals surface area (Å²) in [7, 11) is 0. The van der Waals surface area contributed by atoms with Gasteiger partial charge in [0.05, 0.1) is 0 Å². The van der Waals surface area contributed by atoms with Gasteiger partial charge in [-0.05, 0) is 29.2 Å². The fraction of sp³-hybridized carbons (Fsp3) is 0.235. The first-order valence-corrected chi connectivity index (χ1v) is 7.01. The molecular weight excluding hydrogens is 278 g/mol. The van der Waals surface area contributed by atoms with Crippen LogP contribution in [0, 0.1) is 0 Å². The summed E-state index contributed by atoms with van der Waals surface area (Å²) in [5, 5.41) is 5.12. The lowest BCUT2D eigenvalue weighted by molar-refractivity contribution is -0.133. The predicted molar refractivity (Wildman–Crippen MR) is 86.6 cm³/mol. The van der Waals surface area contributed by atoms with Crippen molar-refractivity contribution in [2.75, 3.05) is 10.6 Å². The van der Waals surface area contributed by atoms with Crippen molar-refractivity contribution in [2.24, 2.45) is 0 Å². The number of hydrogen-bond acceptors (Lipinski definition) is 3. The quantitative estimate of drug-likeness (QED) is 0.837. The van der Waals surface area contributed by atoms with Gasteiger partial charge in [-0.1, -0.05) is 45.0 Å². The highest BCUT2D eigenvalue weighted by Gasteiger charge is 2.21. The van der Waals surface area contributed by atoms with E-state index in [0.29, 0.717) is 11.5 Å². The maximum absolute atomic E-state index is 12.0. The Labute approximate surface area is 129 Å². The lowest BCUT2D eigenvalue weighted by Crippen LogP contribution is -2.30. The van der Waals surface area contributed by atoms with Crippen molar-refractivity contribution in [3.8, 4) is 0 Å². The molecule has 5 heteroatoms. The van der Waals surface area contributed by atoms with E-state index in [-0.39, 0.29) is 5.41 Å². The zero-order valence-corrected chi connectivity index (χ0v) is 12.9. The number of pyridine rings is 1. The number of amides is 2. The number of para-hydroxylation sites is 1. The molecule has 114 valence electrons. The number of rotatable bonds is 2. The van der Waals surface area contributed by atoms with Crippen LogP contribution in [0.1, 0.15) is 26.3 Å². The highest BCUT2D eigenvalue weighted by molar-refractivity contribution is 6.43. The second-order valence-electron chi connectivity index (χ2n) is 5.92. The molecule has 22 heavy (non-hydrogen) atoms. The maximum Gasteiger partial charge on any atom is 0.315 e. The summed E-state index contributed by atoms with van der Waals surface area (Å²) in [6, 6.07) is 12.5. The molecule has 1 heterocycles. The van der Waals surface area contributed by atoms with E-state index in [0.717, 1.165) is 5.56 Å². The Bertz CT molecular complexity index is 676. The molecular formula is C17H19N3O2. The van der Waals surface area contributed by atoms with Crippen LogP contribution in [0.3, 0.4) is 0 Å². The van der Waals surface area contributed by atoms with Gasteiger partial charge in [-0.15, -0.1) is 0 Å².